The predicted octanol–water partition coefficient (Wildman–Crippen LogP) is 2.73. The lowest BCUT2D eigenvalue weighted by Gasteiger charge is -2.19. The van der Waals surface area contributed by atoms with Gasteiger partial charge in [-0.1, -0.05) is 62.4 Å². The first-order valence-corrected chi connectivity index (χ1v) is 11.3. The van der Waals surface area contributed by atoms with E-state index in [2.05, 4.69) is 41.8 Å². The molecule has 0 bridgehead atoms. The van der Waals surface area contributed by atoms with Crippen LogP contribution in [0.1, 0.15) is 48.1 Å². The average Bonchev–Trinajstić information content (AvgIpc) is 3.14. The molecule has 3 rings (SSSR count). The third-order valence-corrected chi connectivity index (χ3v) is 5.73. The van der Waals surface area contributed by atoms with Crippen molar-refractivity contribution in [2.45, 2.75) is 44.9 Å². The lowest BCUT2D eigenvalue weighted by atomic mass is 9.87. The van der Waals surface area contributed by atoms with Gasteiger partial charge in [0, 0.05) is 5.56 Å². The van der Waals surface area contributed by atoms with Crippen molar-refractivity contribution in [1.29, 1.82) is 0 Å². The van der Waals surface area contributed by atoms with E-state index in [1.807, 2.05) is 43.3 Å². The SMILES string of the molecule is Cc1ccc(C(=O)NNC(=O)CSc2nnc(COc3ccc(C(C)(C)C)cc3)n2N)cc1. The van der Waals surface area contributed by atoms with Crippen LogP contribution in [0.2, 0.25) is 0 Å². The van der Waals surface area contributed by atoms with Crippen molar-refractivity contribution in [3.8, 4) is 5.75 Å². The summed E-state index contributed by atoms with van der Waals surface area (Å²) in [6.07, 6.45) is 0. The minimum absolute atomic E-state index is 0.00136. The standard InChI is InChI=1S/C23H28N6O3S/c1-15-5-7-16(8-6-15)21(31)27-26-20(30)14-33-22-28-25-19(29(22)24)13-32-18-11-9-17(10-12-18)23(2,3)4/h5-12H,13-14,24H2,1-4H3,(H,26,30)(H,27,31). The van der Waals surface area contributed by atoms with Crippen LogP contribution in [0.4, 0.5) is 0 Å². The lowest BCUT2D eigenvalue weighted by Crippen LogP contribution is -2.42. The Labute approximate surface area is 197 Å². The van der Waals surface area contributed by atoms with Gasteiger partial charge in [0.05, 0.1) is 5.75 Å². The topological polar surface area (TPSA) is 124 Å². The fourth-order valence-corrected chi connectivity index (χ4v) is 3.45. The largest absolute Gasteiger partial charge is 0.486 e. The molecule has 0 saturated heterocycles. The van der Waals surface area contributed by atoms with E-state index in [4.69, 9.17) is 10.6 Å². The number of hydrogen-bond donors (Lipinski definition) is 3. The highest BCUT2D eigenvalue weighted by molar-refractivity contribution is 7.99. The van der Waals surface area contributed by atoms with Gasteiger partial charge in [-0.2, -0.15) is 0 Å². The number of hydrazine groups is 1. The molecule has 0 aliphatic rings. The summed E-state index contributed by atoms with van der Waals surface area (Å²) in [5.74, 6) is 6.35. The van der Waals surface area contributed by atoms with Gasteiger partial charge >= 0.3 is 0 Å². The smallest absolute Gasteiger partial charge is 0.269 e. The third-order valence-electron chi connectivity index (χ3n) is 4.78. The number of nitrogen functional groups attached to an aromatic ring is 1. The maximum Gasteiger partial charge on any atom is 0.269 e. The molecule has 0 atom stereocenters. The second-order valence-electron chi connectivity index (χ2n) is 8.49. The van der Waals surface area contributed by atoms with Gasteiger partial charge in [-0.25, -0.2) is 4.68 Å². The summed E-state index contributed by atoms with van der Waals surface area (Å²) < 4.78 is 7.04. The number of aromatic nitrogens is 3. The Morgan fingerprint density at radius 1 is 1.03 bits per heavy atom. The number of carbonyl (C=O) groups is 2. The number of rotatable bonds is 7. The molecule has 9 nitrogen and oxygen atoms in total. The number of carbonyl (C=O) groups excluding carboxylic acids is 2. The van der Waals surface area contributed by atoms with Crippen LogP contribution in [-0.2, 0) is 16.8 Å². The van der Waals surface area contributed by atoms with Crippen LogP contribution in [0.15, 0.2) is 53.7 Å². The zero-order valence-electron chi connectivity index (χ0n) is 19.1. The number of nitrogens with one attached hydrogen (secondary N) is 2. The van der Waals surface area contributed by atoms with E-state index in [1.165, 1.54) is 10.2 Å². The van der Waals surface area contributed by atoms with E-state index in [1.54, 1.807) is 12.1 Å². The second-order valence-corrected chi connectivity index (χ2v) is 9.43. The molecule has 4 N–H and O–H groups in total. The van der Waals surface area contributed by atoms with Crippen molar-refractivity contribution < 1.29 is 14.3 Å². The fraction of sp³-hybridized carbons (Fsp3) is 0.304. The van der Waals surface area contributed by atoms with Crippen molar-refractivity contribution in [2.24, 2.45) is 0 Å². The summed E-state index contributed by atoms with van der Waals surface area (Å²) in [6, 6.07) is 14.9. The molecule has 0 aliphatic carbocycles. The van der Waals surface area contributed by atoms with Crippen LogP contribution in [0.3, 0.4) is 0 Å². The number of aryl methyl sites for hydroxylation is 1. The molecule has 0 fully saturated rings. The van der Waals surface area contributed by atoms with Gasteiger partial charge in [0.2, 0.25) is 11.1 Å². The van der Waals surface area contributed by atoms with Gasteiger partial charge in [-0.3, -0.25) is 20.4 Å². The molecular formula is C23H28N6O3S. The first-order valence-electron chi connectivity index (χ1n) is 10.3. The number of benzene rings is 2. The van der Waals surface area contributed by atoms with Gasteiger partial charge in [-0.15, -0.1) is 10.2 Å². The molecule has 10 heteroatoms. The van der Waals surface area contributed by atoms with E-state index in [0.29, 0.717) is 22.3 Å². The highest BCUT2D eigenvalue weighted by atomic mass is 32.2. The van der Waals surface area contributed by atoms with E-state index in [-0.39, 0.29) is 17.8 Å². The molecule has 1 aromatic heterocycles. The molecule has 2 aromatic carbocycles. The minimum atomic E-state index is -0.403. The third kappa shape index (κ3) is 6.72. The number of thioether (sulfide) groups is 1. The van der Waals surface area contributed by atoms with Crippen LogP contribution in [-0.4, -0.2) is 32.4 Å². The van der Waals surface area contributed by atoms with Crippen molar-refractivity contribution >= 4 is 23.6 Å². The minimum Gasteiger partial charge on any atom is -0.486 e. The van der Waals surface area contributed by atoms with Crippen LogP contribution >= 0.6 is 11.8 Å². The maximum absolute atomic E-state index is 12.1. The maximum atomic E-state index is 12.1. The summed E-state index contributed by atoms with van der Waals surface area (Å²) >= 11 is 1.10. The van der Waals surface area contributed by atoms with Gasteiger partial charge in [0.25, 0.3) is 5.91 Å². The summed E-state index contributed by atoms with van der Waals surface area (Å²) in [5.41, 5.74) is 7.53. The number of nitrogens with zero attached hydrogens (tertiary/aromatic N) is 3. The fourth-order valence-electron chi connectivity index (χ4n) is 2.77. The first kappa shape index (κ1) is 24.1. The van der Waals surface area contributed by atoms with Crippen LogP contribution in [0, 0.1) is 6.92 Å². The molecule has 0 aliphatic heterocycles. The number of nitrogens with two attached hydrogens (primary N) is 1. The molecule has 0 saturated carbocycles. The first-order chi connectivity index (χ1) is 15.6. The van der Waals surface area contributed by atoms with Crippen molar-refractivity contribution in [2.75, 3.05) is 11.6 Å². The Bertz CT molecular complexity index is 1100. The molecular weight excluding hydrogens is 440 g/mol. The van der Waals surface area contributed by atoms with Gasteiger partial charge in [0.1, 0.15) is 12.4 Å². The number of amides is 2. The van der Waals surface area contributed by atoms with Crippen molar-refractivity contribution in [3.05, 3.63) is 71.0 Å². The van der Waals surface area contributed by atoms with Gasteiger partial charge in [-0.05, 0) is 42.2 Å². The Balaban J connectivity index is 1.46. The Morgan fingerprint density at radius 2 is 1.70 bits per heavy atom. The van der Waals surface area contributed by atoms with Crippen LogP contribution in [0.5, 0.6) is 5.75 Å². The molecule has 174 valence electrons. The Kier molecular flexibility index (Phi) is 7.59. The van der Waals surface area contributed by atoms with E-state index < -0.39 is 11.8 Å². The molecule has 0 radical (unpaired) electrons. The summed E-state index contributed by atoms with van der Waals surface area (Å²) in [6.45, 7) is 8.52. The van der Waals surface area contributed by atoms with Crippen LogP contribution in [0.25, 0.3) is 0 Å². The summed E-state index contributed by atoms with van der Waals surface area (Å²) in [4.78, 5) is 24.1. The summed E-state index contributed by atoms with van der Waals surface area (Å²) in [5, 5.41) is 8.39. The number of ether oxygens (including phenoxy) is 1. The summed E-state index contributed by atoms with van der Waals surface area (Å²) in [7, 11) is 0. The van der Waals surface area contributed by atoms with Crippen molar-refractivity contribution in [1.82, 2.24) is 25.7 Å². The Morgan fingerprint density at radius 3 is 2.33 bits per heavy atom. The average molecular weight is 469 g/mol. The van der Waals surface area contributed by atoms with E-state index >= 15 is 0 Å². The quantitative estimate of drug-likeness (QED) is 0.277. The van der Waals surface area contributed by atoms with Gasteiger partial charge in [0.15, 0.2) is 5.82 Å². The zero-order valence-corrected chi connectivity index (χ0v) is 19.9. The lowest BCUT2D eigenvalue weighted by molar-refractivity contribution is -0.119. The monoisotopic (exact) mass is 468 g/mol. The van der Waals surface area contributed by atoms with Crippen molar-refractivity contribution in [3.63, 3.8) is 0 Å². The molecule has 3 aromatic rings. The highest BCUT2D eigenvalue weighted by Crippen LogP contribution is 2.24. The van der Waals surface area contributed by atoms with E-state index in [9.17, 15) is 9.59 Å². The normalized spacial score (nSPS) is 11.2. The van der Waals surface area contributed by atoms with E-state index in [0.717, 1.165) is 17.3 Å². The number of hydrogen-bond acceptors (Lipinski definition) is 7. The second kappa shape index (κ2) is 10.4. The molecule has 0 spiro atoms. The molecule has 2 amide bonds. The molecule has 33 heavy (non-hydrogen) atoms. The Hall–Kier alpha value is -3.53. The van der Waals surface area contributed by atoms with Gasteiger partial charge < -0.3 is 10.6 Å². The molecule has 1 heterocycles. The van der Waals surface area contributed by atoms with Crippen LogP contribution < -0.4 is 21.4 Å². The predicted molar refractivity (Wildman–Crippen MR) is 127 cm³/mol. The highest BCUT2D eigenvalue weighted by Gasteiger charge is 2.15. The molecule has 0 unspecified atom stereocenters. The zero-order chi connectivity index (χ0) is 24.0.